The number of hydrogen-bond donors (Lipinski definition) is 1. The van der Waals surface area contributed by atoms with Crippen LogP contribution in [0.25, 0.3) is 0 Å². The molecule has 0 aromatic heterocycles. The summed E-state index contributed by atoms with van der Waals surface area (Å²) in [6.45, 7) is 4.20. The Morgan fingerprint density at radius 1 is 1.23 bits per heavy atom. The van der Waals surface area contributed by atoms with Gasteiger partial charge in [-0.3, -0.25) is 0 Å². The highest BCUT2D eigenvalue weighted by Gasteiger charge is 2.05. The van der Waals surface area contributed by atoms with Crippen molar-refractivity contribution in [3.05, 3.63) is 35.4 Å². The first-order valence-electron chi connectivity index (χ1n) is 4.98. The summed E-state index contributed by atoms with van der Waals surface area (Å²) >= 11 is 0. The second kappa shape index (κ2) is 5.03. The number of aryl methyl sites for hydroxylation is 1. The highest BCUT2D eigenvalue weighted by molar-refractivity contribution is 5.22. The maximum Gasteiger partial charge on any atom is 0.0790 e. The molecule has 0 saturated carbocycles. The first kappa shape index (κ1) is 10.3. The Balaban J connectivity index is 2.55. The minimum atomic E-state index is -0.277. The molecule has 0 heterocycles. The average Bonchev–Trinajstić information content (AvgIpc) is 2.15. The SMILES string of the molecule is CCCC[C@H](O)c1ccc(C)cc1. The van der Waals surface area contributed by atoms with Gasteiger partial charge in [-0.05, 0) is 18.9 Å². The van der Waals surface area contributed by atoms with Crippen molar-refractivity contribution < 1.29 is 5.11 Å². The third-order valence-corrected chi connectivity index (χ3v) is 2.29. The monoisotopic (exact) mass is 178 g/mol. The van der Waals surface area contributed by atoms with E-state index in [1.165, 1.54) is 5.56 Å². The first-order valence-corrected chi connectivity index (χ1v) is 4.98. The minimum absolute atomic E-state index is 0.277. The van der Waals surface area contributed by atoms with Crippen LogP contribution in [0, 0.1) is 6.92 Å². The molecule has 0 aliphatic carbocycles. The largest absolute Gasteiger partial charge is 0.388 e. The van der Waals surface area contributed by atoms with Crippen molar-refractivity contribution in [2.75, 3.05) is 0 Å². The highest BCUT2D eigenvalue weighted by atomic mass is 16.3. The molecule has 0 amide bonds. The van der Waals surface area contributed by atoms with Gasteiger partial charge in [0.2, 0.25) is 0 Å². The predicted octanol–water partition coefficient (Wildman–Crippen LogP) is 3.22. The summed E-state index contributed by atoms with van der Waals surface area (Å²) in [7, 11) is 0. The Morgan fingerprint density at radius 3 is 2.38 bits per heavy atom. The van der Waals surface area contributed by atoms with Gasteiger partial charge in [0.1, 0.15) is 0 Å². The summed E-state index contributed by atoms with van der Waals surface area (Å²) in [6.07, 6.45) is 2.83. The summed E-state index contributed by atoms with van der Waals surface area (Å²) in [5.41, 5.74) is 2.28. The van der Waals surface area contributed by atoms with Crippen LogP contribution >= 0.6 is 0 Å². The summed E-state index contributed by atoms with van der Waals surface area (Å²) in [5, 5.41) is 9.74. The minimum Gasteiger partial charge on any atom is -0.388 e. The molecule has 1 aromatic rings. The van der Waals surface area contributed by atoms with Gasteiger partial charge in [0, 0.05) is 0 Å². The van der Waals surface area contributed by atoms with E-state index in [9.17, 15) is 5.11 Å². The molecule has 13 heavy (non-hydrogen) atoms. The van der Waals surface area contributed by atoms with Gasteiger partial charge in [-0.1, -0.05) is 49.6 Å². The standard InChI is InChI=1S/C12H18O/c1-3-4-5-12(13)11-8-6-10(2)7-9-11/h6-9,12-13H,3-5H2,1-2H3/t12-/m0/s1. The van der Waals surface area contributed by atoms with E-state index in [1.807, 2.05) is 24.3 Å². The molecule has 0 bridgehead atoms. The zero-order valence-corrected chi connectivity index (χ0v) is 8.46. The molecule has 1 N–H and O–H groups in total. The van der Waals surface area contributed by atoms with Gasteiger partial charge in [-0.15, -0.1) is 0 Å². The van der Waals surface area contributed by atoms with E-state index in [0.29, 0.717) is 0 Å². The molecule has 0 saturated heterocycles. The lowest BCUT2D eigenvalue weighted by molar-refractivity contribution is 0.164. The number of hydrogen-bond acceptors (Lipinski definition) is 1. The molecular formula is C12H18O. The van der Waals surface area contributed by atoms with E-state index < -0.39 is 0 Å². The summed E-state index contributed by atoms with van der Waals surface area (Å²) in [5.74, 6) is 0. The summed E-state index contributed by atoms with van der Waals surface area (Å²) in [6, 6.07) is 8.11. The highest BCUT2D eigenvalue weighted by Crippen LogP contribution is 2.19. The fourth-order valence-electron chi connectivity index (χ4n) is 1.35. The molecule has 1 aromatic carbocycles. The maximum absolute atomic E-state index is 9.74. The van der Waals surface area contributed by atoms with Crippen molar-refractivity contribution in [1.29, 1.82) is 0 Å². The number of aliphatic hydroxyl groups excluding tert-OH is 1. The van der Waals surface area contributed by atoms with Crippen LogP contribution in [0.3, 0.4) is 0 Å². The molecule has 0 radical (unpaired) electrons. The predicted molar refractivity (Wildman–Crippen MR) is 55.7 cm³/mol. The summed E-state index contributed by atoms with van der Waals surface area (Å²) in [4.78, 5) is 0. The molecule has 0 aliphatic heterocycles. The van der Waals surface area contributed by atoms with Crippen molar-refractivity contribution in [2.24, 2.45) is 0 Å². The van der Waals surface area contributed by atoms with Crippen LogP contribution in [-0.2, 0) is 0 Å². The van der Waals surface area contributed by atoms with Gasteiger partial charge >= 0.3 is 0 Å². The van der Waals surface area contributed by atoms with Crippen molar-refractivity contribution in [3.8, 4) is 0 Å². The Morgan fingerprint density at radius 2 is 1.85 bits per heavy atom. The molecule has 0 spiro atoms. The van der Waals surface area contributed by atoms with E-state index in [4.69, 9.17) is 0 Å². The molecule has 0 fully saturated rings. The van der Waals surface area contributed by atoms with Gasteiger partial charge < -0.3 is 5.11 Å². The molecule has 1 rings (SSSR count). The number of unbranched alkanes of at least 4 members (excludes halogenated alkanes) is 1. The average molecular weight is 178 g/mol. The second-order valence-corrected chi connectivity index (χ2v) is 3.57. The van der Waals surface area contributed by atoms with Crippen molar-refractivity contribution >= 4 is 0 Å². The molecular weight excluding hydrogens is 160 g/mol. The van der Waals surface area contributed by atoms with E-state index in [0.717, 1.165) is 24.8 Å². The number of benzene rings is 1. The Kier molecular flexibility index (Phi) is 3.97. The summed E-state index contributed by atoms with van der Waals surface area (Å²) < 4.78 is 0. The van der Waals surface area contributed by atoms with E-state index in [1.54, 1.807) is 0 Å². The van der Waals surface area contributed by atoms with Gasteiger partial charge in [0.15, 0.2) is 0 Å². The lowest BCUT2D eigenvalue weighted by Crippen LogP contribution is -1.96. The molecule has 1 nitrogen and oxygen atoms in total. The van der Waals surface area contributed by atoms with Crippen LogP contribution < -0.4 is 0 Å². The van der Waals surface area contributed by atoms with Crippen LogP contribution in [0.2, 0.25) is 0 Å². The molecule has 1 atom stereocenters. The second-order valence-electron chi connectivity index (χ2n) is 3.57. The molecule has 1 heteroatoms. The molecule has 0 unspecified atom stereocenters. The third kappa shape index (κ3) is 3.19. The van der Waals surface area contributed by atoms with Crippen LogP contribution in [-0.4, -0.2) is 5.11 Å². The van der Waals surface area contributed by atoms with Crippen LogP contribution in [0.1, 0.15) is 43.4 Å². The zero-order valence-electron chi connectivity index (χ0n) is 8.46. The van der Waals surface area contributed by atoms with Gasteiger partial charge in [-0.25, -0.2) is 0 Å². The lowest BCUT2D eigenvalue weighted by atomic mass is 10.0. The molecule has 72 valence electrons. The van der Waals surface area contributed by atoms with Crippen LogP contribution in [0.15, 0.2) is 24.3 Å². The van der Waals surface area contributed by atoms with Gasteiger partial charge in [0.25, 0.3) is 0 Å². The fourth-order valence-corrected chi connectivity index (χ4v) is 1.35. The van der Waals surface area contributed by atoms with Crippen LogP contribution in [0.5, 0.6) is 0 Å². The lowest BCUT2D eigenvalue weighted by Gasteiger charge is -2.09. The van der Waals surface area contributed by atoms with Crippen LogP contribution in [0.4, 0.5) is 0 Å². The normalized spacial score (nSPS) is 12.8. The Labute approximate surface area is 80.4 Å². The van der Waals surface area contributed by atoms with Crippen molar-refractivity contribution in [1.82, 2.24) is 0 Å². The van der Waals surface area contributed by atoms with E-state index >= 15 is 0 Å². The number of aliphatic hydroxyl groups is 1. The Hall–Kier alpha value is -0.820. The van der Waals surface area contributed by atoms with E-state index in [-0.39, 0.29) is 6.10 Å². The fraction of sp³-hybridized carbons (Fsp3) is 0.500. The quantitative estimate of drug-likeness (QED) is 0.750. The molecule has 0 aliphatic rings. The zero-order chi connectivity index (χ0) is 9.68. The van der Waals surface area contributed by atoms with Gasteiger partial charge in [-0.2, -0.15) is 0 Å². The van der Waals surface area contributed by atoms with Gasteiger partial charge in [0.05, 0.1) is 6.10 Å². The third-order valence-electron chi connectivity index (χ3n) is 2.29. The van der Waals surface area contributed by atoms with Crippen molar-refractivity contribution in [2.45, 2.75) is 39.2 Å². The van der Waals surface area contributed by atoms with E-state index in [2.05, 4.69) is 13.8 Å². The smallest absolute Gasteiger partial charge is 0.0790 e. The maximum atomic E-state index is 9.74. The Bertz CT molecular complexity index is 238. The first-order chi connectivity index (χ1) is 6.24. The number of rotatable bonds is 4. The van der Waals surface area contributed by atoms with Crippen molar-refractivity contribution in [3.63, 3.8) is 0 Å². The topological polar surface area (TPSA) is 20.2 Å².